The number of halogens is 6. The minimum Gasteiger partial charge on any atom is -0.475 e. The molecule has 17 heteroatoms. The lowest BCUT2D eigenvalue weighted by molar-refractivity contribution is -0.137. The van der Waals surface area contributed by atoms with Crippen LogP contribution in [0.2, 0.25) is 10.0 Å². The van der Waals surface area contributed by atoms with Crippen molar-refractivity contribution in [1.29, 1.82) is 0 Å². The van der Waals surface area contributed by atoms with E-state index in [0.717, 1.165) is 19.4 Å². The first-order valence-electron chi connectivity index (χ1n) is 15.3. The first-order chi connectivity index (χ1) is 22.8. The number of anilines is 3. The van der Waals surface area contributed by atoms with Crippen LogP contribution < -0.4 is 25.8 Å². The van der Waals surface area contributed by atoms with Crippen LogP contribution in [0.3, 0.4) is 0 Å². The third-order valence-electron chi connectivity index (χ3n) is 9.44. The van der Waals surface area contributed by atoms with Crippen molar-refractivity contribution >= 4 is 51.6 Å². The van der Waals surface area contributed by atoms with Gasteiger partial charge in [-0.1, -0.05) is 29.3 Å². The van der Waals surface area contributed by atoms with E-state index in [-0.39, 0.29) is 59.1 Å². The largest absolute Gasteiger partial charge is 0.475 e. The Morgan fingerprint density at radius 1 is 1.12 bits per heavy atom. The van der Waals surface area contributed by atoms with Crippen LogP contribution in [-0.2, 0) is 6.18 Å². The first-order valence-corrected chi connectivity index (χ1v) is 16.1. The third-order valence-corrected chi connectivity index (χ3v) is 10.2. The molecule has 3 aliphatic rings. The van der Waals surface area contributed by atoms with Crippen LogP contribution in [0.1, 0.15) is 49.0 Å². The van der Waals surface area contributed by atoms with Crippen molar-refractivity contribution in [2.24, 2.45) is 0 Å². The maximum absolute atomic E-state index is 14.5. The number of nitrogens with two attached hydrogens (primary N) is 2. The second-order valence-corrected chi connectivity index (χ2v) is 13.1. The van der Waals surface area contributed by atoms with E-state index in [4.69, 9.17) is 49.1 Å². The Kier molecular flexibility index (Phi) is 8.07. The van der Waals surface area contributed by atoms with E-state index < -0.39 is 45.8 Å². The fourth-order valence-electron chi connectivity index (χ4n) is 7.24. The quantitative estimate of drug-likeness (QED) is 0.221. The summed E-state index contributed by atoms with van der Waals surface area (Å²) >= 11 is 13.4. The number of rotatable bonds is 6. The fourth-order valence-corrected chi connectivity index (χ4v) is 7.74. The highest BCUT2D eigenvalue weighted by Gasteiger charge is 2.49. The monoisotopic (exact) mass is 707 g/mol. The Balaban J connectivity index is 1.45. The topological polar surface area (TPSA) is 141 Å². The van der Waals surface area contributed by atoms with E-state index in [1.54, 1.807) is 12.3 Å². The molecule has 0 radical (unpaired) electrons. The molecule has 0 unspecified atom stereocenters. The number of hydrogen-bond acceptors (Lipinski definition) is 11. The molecule has 4 N–H and O–H groups in total. The number of aryl methyl sites for hydroxylation is 1. The number of nitrogen functional groups attached to an aromatic ring is 2. The van der Waals surface area contributed by atoms with Gasteiger partial charge in [-0.05, 0) is 39.3 Å². The van der Waals surface area contributed by atoms with Gasteiger partial charge in [0.1, 0.15) is 47.7 Å². The molecule has 3 aliphatic heterocycles. The standard InChI is InChI=1S/C31H31Cl2F4N9O2/c1-14-20(31(35,36)37)18(21(32)26(39)41-14)23-22(33)24-19-27(44-29(43-24)48-13-30-6-4-8-45(30)12-16(34)11-30)46(9-10-47-28(19)42-23)15(2)17-5-3-7-40-25(17)38/h3,5,7,15-16H,4,6,8-13H2,1-2H3,(H2,38,40)(H2,39,41)/t15-,16-,30+/m1/s1. The van der Waals surface area contributed by atoms with Crippen LogP contribution in [0, 0.1) is 6.92 Å². The highest BCUT2D eigenvalue weighted by molar-refractivity contribution is 6.40. The van der Waals surface area contributed by atoms with Crippen LogP contribution in [0.15, 0.2) is 18.3 Å². The molecule has 4 aromatic heterocycles. The molecule has 3 atom stereocenters. The number of nitrogens with zero attached hydrogens (tertiary/aromatic N) is 7. The molecular weight excluding hydrogens is 677 g/mol. The molecule has 0 saturated carbocycles. The molecule has 254 valence electrons. The zero-order chi connectivity index (χ0) is 34.1. The van der Waals surface area contributed by atoms with Crippen LogP contribution in [-0.4, -0.2) is 74.4 Å². The van der Waals surface area contributed by atoms with Gasteiger partial charge in [0.25, 0.3) is 0 Å². The van der Waals surface area contributed by atoms with Gasteiger partial charge in [0, 0.05) is 30.3 Å². The summed E-state index contributed by atoms with van der Waals surface area (Å²) < 4.78 is 70.4. The molecule has 0 amide bonds. The number of fused-ring (bicyclic) bond motifs is 1. The second-order valence-electron chi connectivity index (χ2n) is 12.3. The summed E-state index contributed by atoms with van der Waals surface area (Å²) in [5.74, 6) is 0.230. The zero-order valence-electron chi connectivity index (χ0n) is 25.9. The van der Waals surface area contributed by atoms with Gasteiger partial charge in [-0.3, -0.25) is 4.90 Å². The molecule has 0 aliphatic carbocycles. The summed E-state index contributed by atoms with van der Waals surface area (Å²) in [6.45, 7) is 4.59. The smallest absolute Gasteiger partial charge is 0.418 e. The summed E-state index contributed by atoms with van der Waals surface area (Å²) in [6, 6.07) is 3.09. The summed E-state index contributed by atoms with van der Waals surface area (Å²) in [5.41, 5.74) is 9.94. The third kappa shape index (κ3) is 5.35. The molecule has 48 heavy (non-hydrogen) atoms. The van der Waals surface area contributed by atoms with Gasteiger partial charge < -0.3 is 25.8 Å². The Bertz CT molecular complexity index is 1930. The van der Waals surface area contributed by atoms with Gasteiger partial charge in [0.2, 0.25) is 5.88 Å². The SMILES string of the molecule is Cc1nc(N)c(Cl)c(-c2nc3c4c(nc(OC[C@@]56CCCN5C[C@H](F)C6)nc4c2Cl)N([C@H](C)c2cccnc2N)CCO3)c1C(F)(F)F. The summed E-state index contributed by atoms with van der Waals surface area (Å²) in [5, 5.41) is -0.487. The maximum atomic E-state index is 14.5. The normalized spacial score (nSPS) is 21.7. The number of pyridine rings is 3. The van der Waals surface area contributed by atoms with E-state index in [2.05, 4.69) is 24.8 Å². The average Bonchev–Trinajstić information content (AvgIpc) is 3.48. The van der Waals surface area contributed by atoms with Crippen molar-refractivity contribution in [3.8, 4) is 23.1 Å². The minimum atomic E-state index is -4.89. The van der Waals surface area contributed by atoms with E-state index in [1.165, 1.54) is 6.92 Å². The highest BCUT2D eigenvalue weighted by Crippen LogP contribution is 2.50. The average molecular weight is 709 g/mol. The van der Waals surface area contributed by atoms with Crippen molar-refractivity contribution in [2.45, 2.75) is 57.0 Å². The molecule has 11 nitrogen and oxygen atoms in total. The molecule has 0 spiro atoms. The fraction of sp³-hybridized carbons (Fsp3) is 0.452. The molecule has 0 aromatic carbocycles. The predicted octanol–water partition coefficient (Wildman–Crippen LogP) is 6.20. The van der Waals surface area contributed by atoms with Gasteiger partial charge in [-0.2, -0.15) is 23.1 Å². The molecule has 2 fully saturated rings. The predicted molar refractivity (Wildman–Crippen MR) is 173 cm³/mol. The first kappa shape index (κ1) is 32.6. The number of alkyl halides is 4. The van der Waals surface area contributed by atoms with Gasteiger partial charge in [-0.25, -0.2) is 19.3 Å². The lowest BCUT2D eigenvalue weighted by Crippen LogP contribution is -2.43. The van der Waals surface area contributed by atoms with Crippen LogP contribution >= 0.6 is 23.2 Å². The zero-order valence-corrected chi connectivity index (χ0v) is 27.4. The number of ether oxygens (including phenoxy) is 2. The molecular formula is C31H31Cl2F4N9O2. The lowest BCUT2D eigenvalue weighted by Gasteiger charge is -2.32. The minimum absolute atomic E-state index is 0.0164. The molecule has 2 saturated heterocycles. The molecule has 7 heterocycles. The van der Waals surface area contributed by atoms with E-state index in [9.17, 15) is 17.6 Å². The van der Waals surface area contributed by atoms with Crippen LogP contribution in [0.4, 0.5) is 35.0 Å². The van der Waals surface area contributed by atoms with Crippen molar-refractivity contribution in [3.05, 3.63) is 45.2 Å². The van der Waals surface area contributed by atoms with Gasteiger partial charge in [0.15, 0.2) is 0 Å². The summed E-state index contributed by atoms with van der Waals surface area (Å²) in [4.78, 5) is 25.9. The molecule has 4 aromatic rings. The van der Waals surface area contributed by atoms with Crippen molar-refractivity contribution < 1.29 is 27.0 Å². The molecule has 7 rings (SSSR count). The van der Waals surface area contributed by atoms with Gasteiger partial charge in [-0.15, -0.1) is 0 Å². The van der Waals surface area contributed by atoms with Crippen molar-refractivity contribution in [2.75, 3.05) is 49.2 Å². The summed E-state index contributed by atoms with van der Waals surface area (Å²) in [7, 11) is 0. The van der Waals surface area contributed by atoms with E-state index >= 15 is 0 Å². The number of hydrogen-bond donors (Lipinski definition) is 2. The Morgan fingerprint density at radius 2 is 1.92 bits per heavy atom. The highest BCUT2D eigenvalue weighted by atomic mass is 35.5. The molecule has 0 bridgehead atoms. The van der Waals surface area contributed by atoms with E-state index in [0.29, 0.717) is 30.2 Å². The lowest BCUT2D eigenvalue weighted by atomic mass is 9.95. The van der Waals surface area contributed by atoms with Crippen LogP contribution in [0.25, 0.3) is 22.2 Å². The second kappa shape index (κ2) is 11.9. The van der Waals surface area contributed by atoms with E-state index in [1.807, 2.05) is 17.9 Å². The Morgan fingerprint density at radius 3 is 2.67 bits per heavy atom. The maximum Gasteiger partial charge on any atom is 0.418 e. The summed E-state index contributed by atoms with van der Waals surface area (Å²) in [6.07, 6.45) is -2.34. The Hall–Kier alpha value is -3.95. The Labute approximate surface area is 282 Å². The number of aromatic nitrogens is 5. The van der Waals surface area contributed by atoms with Crippen molar-refractivity contribution in [3.63, 3.8) is 0 Å². The van der Waals surface area contributed by atoms with Gasteiger partial charge in [0.05, 0.1) is 45.1 Å². The van der Waals surface area contributed by atoms with Crippen LogP contribution in [0.5, 0.6) is 11.9 Å². The van der Waals surface area contributed by atoms with Gasteiger partial charge >= 0.3 is 12.2 Å². The van der Waals surface area contributed by atoms with Crippen molar-refractivity contribution in [1.82, 2.24) is 29.8 Å².